The van der Waals surface area contributed by atoms with Crippen LogP contribution >= 0.6 is 0 Å². The Labute approximate surface area is 135 Å². The van der Waals surface area contributed by atoms with Crippen LogP contribution in [-0.2, 0) is 4.84 Å². The SMILES string of the molecule is c1ccc(-c2ccc(C3=NC(c4ccccc4)NO3)cc2)cc1. The summed E-state index contributed by atoms with van der Waals surface area (Å²) >= 11 is 0. The Balaban J connectivity index is 1.57. The fourth-order valence-electron chi connectivity index (χ4n) is 2.63. The highest BCUT2D eigenvalue weighted by atomic mass is 16.7. The number of hydrogen-bond donors (Lipinski definition) is 1. The third-order valence-electron chi connectivity index (χ3n) is 3.87. The number of aliphatic imine (C=N–C) groups is 1. The zero-order chi connectivity index (χ0) is 15.5. The van der Waals surface area contributed by atoms with Gasteiger partial charge in [0.1, 0.15) is 0 Å². The van der Waals surface area contributed by atoms with E-state index in [-0.39, 0.29) is 6.17 Å². The zero-order valence-electron chi connectivity index (χ0n) is 12.5. The van der Waals surface area contributed by atoms with Crippen LogP contribution in [0.2, 0.25) is 0 Å². The van der Waals surface area contributed by atoms with Crippen LogP contribution in [0.15, 0.2) is 89.9 Å². The molecule has 0 fully saturated rings. The zero-order valence-corrected chi connectivity index (χ0v) is 12.5. The normalized spacial score (nSPS) is 16.7. The molecule has 3 aromatic carbocycles. The number of rotatable bonds is 3. The van der Waals surface area contributed by atoms with Crippen molar-refractivity contribution >= 4 is 5.90 Å². The van der Waals surface area contributed by atoms with Gasteiger partial charge in [-0.3, -0.25) is 0 Å². The van der Waals surface area contributed by atoms with Gasteiger partial charge in [0.25, 0.3) is 0 Å². The summed E-state index contributed by atoms with van der Waals surface area (Å²) in [5.74, 6) is 0.624. The van der Waals surface area contributed by atoms with Gasteiger partial charge in [-0.1, -0.05) is 72.8 Å². The van der Waals surface area contributed by atoms with E-state index in [1.54, 1.807) is 0 Å². The van der Waals surface area contributed by atoms with Crippen molar-refractivity contribution in [3.8, 4) is 11.1 Å². The molecule has 1 N–H and O–H groups in total. The largest absolute Gasteiger partial charge is 0.386 e. The highest BCUT2D eigenvalue weighted by Gasteiger charge is 2.21. The molecule has 23 heavy (non-hydrogen) atoms. The Bertz CT molecular complexity index is 811. The average molecular weight is 300 g/mol. The van der Waals surface area contributed by atoms with E-state index >= 15 is 0 Å². The maximum Gasteiger partial charge on any atom is 0.242 e. The maximum absolute atomic E-state index is 5.55. The van der Waals surface area contributed by atoms with Crippen molar-refractivity contribution in [2.24, 2.45) is 4.99 Å². The van der Waals surface area contributed by atoms with Crippen LogP contribution in [0, 0.1) is 0 Å². The minimum atomic E-state index is -0.153. The Morgan fingerprint density at radius 1 is 0.652 bits per heavy atom. The lowest BCUT2D eigenvalue weighted by atomic mass is 10.0. The van der Waals surface area contributed by atoms with Gasteiger partial charge >= 0.3 is 0 Å². The Morgan fingerprint density at radius 2 is 1.22 bits per heavy atom. The maximum atomic E-state index is 5.55. The molecule has 3 aromatic rings. The molecular formula is C20H16N2O. The predicted octanol–water partition coefficient (Wildman–Crippen LogP) is 4.33. The summed E-state index contributed by atoms with van der Waals surface area (Å²) < 4.78 is 0. The first-order valence-corrected chi connectivity index (χ1v) is 7.61. The molecule has 0 aromatic heterocycles. The van der Waals surface area contributed by atoms with E-state index in [4.69, 9.17) is 4.84 Å². The predicted molar refractivity (Wildman–Crippen MR) is 91.8 cm³/mol. The monoisotopic (exact) mass is 300 g/mol. The van der Waals surface area contributed by atoms with Crippen molar-refractivity contribution < 1.29 is 4.84 Å². The summed E-state index contributed by atoms with van der Waals surface area (Å²) in [6.45, 7) is 0. The topological polar surface area (TPSA) is 33.6 Å². The van der Waals surface area contributed by atoms with E-state index in [9.17, 15) is 0 Å². The van der Waals surface area contributed by atoms with Crippen LogP contribution in [0.5, 0.6) is 0 Å². The van der Waals surface area contributed by atoms with Crippen LogP contribution in [-0.4, -0.2) is 5.90 Å². The lowest BCUT2D eigenvalue weighted by Crippen LogP contribution is -2.14. The fourth-order valence-corrected chi connectivity index (χ4v) is 2.63. The molecule has 1 aliphatic heterocycles. The van der Waals surface area contributed by atoms with Crippen molar-refractivity contribution in [2.45, 2.75) is 6.17 Å². The average Bonchev–Trinajstić information content (AvgIpc) is 3.14. The molecule has 3 nitrogen and oxygen atoms in total. The number of hydroxylamine groups is 1. The Kier molecular flexibility index (Phi) is 3.62. The van der Waals surface area contributed by atoms with Gasteiger partial charge in [-0.25, -0.2) is 4.99 Å². The minimum absolute atomic E-state index is 0.153. The lowest BCUT2D eigenvalue weighted by Gasteiger charge is -2.05. The highest BCUT2D eigenvalue weighted by molar-refractivity contribution is 5.95. The van der Waals surface area contributed by atoms with Gasteiger partial charge in [0.15, 0.2) is 6.17 Å². The number of hydrogen-bond acceptors (Lipinski definition) is 3. The van der Waals surface area contributed by atoms with Crippen LogP contribution in [0.1, 0.15) is 17.3 Å². The van der Waals surface area contributed by atoms with Crippen LogP contribution in [0.25, 0.3) is 11.1 Å². The molecule has 1 unspecified atom stereocenters. The van der Waals surface area contributed by atoms with Crippen molar-refractivity contribution in [1.29, 1.82) is 0 Å². The van der Waals surface area contributed by atoms with Gasteiger partial charge in [0, 0.05) is 5.56 Å². The van der Waals surface area contributed by atoms with Crippen molar-refractivity contribution in [3.63, 3.8) is 0 Å². The first kappa shape index (κ1) is 13.7. The molecule has 0 saturated carbocycles. The van der Waals surface area contributed by atoms with E-state index in [1.807, 2.05) is 60.7 Å². The number of nitrogens with zero attached hydrogens (tertiary/aromatic N) is 1. The second-order valence-corrected chi connectivity index (χ2v) is 5.41. The van der Waals surface area contributed by atoms with Gasteiger partial charge < -0.3 is 4.84 Å². The van der Waals surface area contributed by atoms with Crippen molar-refractivity contribution in [3.05, 3.63) is 96.1 Å². The molecule has 1 atom stereocenters. The van der Waals surface area contributed by atoms with E-state index in [0.717, 1.165) is 11.1 Å². The summed E-state index contributed by atoms with van der Waals surface area (Å²) in [6, 6.07) is 28.6. The minimum Gasteiger partial charge on any atom is -0.386 e. The standard InChI is InChI=1S/C20H16N2O/c1-3-7-15(8-4-1)16-11-13-18(14-12-16)20-21-19(22-23-20)17-9-5-2-6-10-17/h1-14,19,22H. The van der Waals surface area contributed by atoms with Gasteiger partial charge in [-0.05, 0) is 28.8 Å². The first-order valence-electron chi connectivity index (χ1n) is 7.61. The molecule has 1 aliphatic rings. The van der Waals surface area contributed by atoms with Crippen LogP contribution in [0.3, 0.4) is 0 Å². The van der Waals surface area contributed by atoms with Crippen LogP contribution < -0.4 is 5.48 Å². The second-order valence-electron chi connectivity index (χ2n) is 5.41. The van der Waals surface area contributed by atoms with E-state index < -0.39 is 0 Å². The van der Waals surface area contributed by atoms with E-state index in [1.165, 1.54) is 11.1 Å². The van der Waals surface area contributed by atoms with Crippen LogP contribution in [0.4, 0.5) is 0 Å². The summed E-state index contributed by atoms with van der Waals surface area (Å²) in [5.41, 5.74) is 7.40. The fraction of sp³-hybridized carbons (Fsp3) is 0.0500. The third-order valence-corrected chi connectivity index (χ3v) is 3.87. The molecule has 112 valence electrons. The molecule has 0 bridgehead atoms. The van der Waals surface area contributed by atoms with Gasteiger partial charge in [0.2, 0.25) is 5.90 Å². The van der Waals surface area contributed by atoms with Gasteiger partial charge in [-0.15, -0.1) is 5.48 Å². The summed E-state index contributed by atoms with van der Waals surface area (Å²) in [5, 5.41) is 0. The van der Waals surface area contributed by atoms with Gasteiger partial charge in [0.05, 0.1) is 0 Å². The van der Waals surface area contributed by atoms with E-state index in [2.05, 4.69) is 34.7 Å². The van der Waals surface area contributed by atoms with Crippen molar-refractivity contribution in [1.82, 2.24) is 5.48 Å². The summed E-state index contributed by atoms with van der Waals surface area (Å²) in [7, 11) is 0. The molecule has 1 heterocycles. The Morgan fingerprint density at radius 3 is 1.91 bits per heavy atom. The summed E-state index contributed by atoms with van der Waals surface area (Å²) in [4.78, 5) is 10.2. The molecule has 0 amide bonds. The first-order chi connectivity index (χ1) is 11.4. The molecule has 0 radical (unpaired) electrons. The molecule has 0 saturated heterocycles. The van der Waals surface area contributed by atoms with Gasteiger partial charge in [-0.2, -0.15) is 0 Å². The Hall–Kier alpha value is -2.91. The lowest BCUT2D eigenvalue weighted by molar-refractivity contribution is 0.180. The molecule has 0 aliphatic carbocycles. The molecule has 0 spiro atoms. The third kappa shape index (κ3) is 2.87. The highest BCUT2D eigenvalue weighted by Crippen LogP contribution is 2.23. The number of nitrogens with one attached hydrogen (secondary N) is 1. The van der Waals surface area contributed by atoms with E-state index in [0.29, 0.717) is 5.90 Å². The second kappa shape index (κ2) is 6.07. The summed E-state index contributed by atoms with van der Waals surface area (Å²) in [6.07, 6.45) is -0.153. The molecule has 3 heteroatoms. The molecular weight excluding hydrogens is 284 g/mol. The number of benzene rings is 3. The van der Waals surface area contributed by atoms with Crippen molar-refractivity contribution in [2.75, 3.05) is 0 Å². The smallest absolute Gasteiger partial charge is 0.242 e. The molecule has 4 rings (SSSR count). The quantitative estimate of drug-likeness (QED) is 0.781.